The number of amides is 1. The summed E-state index contributed by atoms with van der Waals surface area (Å²) >= 11 is 0. The number of hydrogen-bond donors (Lipinski definition) is 3. The largest absolute Gasteiger partial charge is 0.349 e. The van der Waals surface area contributed by atoms with Gasteiger partial charge in [0.2, 0.25) is 0 Å². The number of nitrogens with two attached hydrogens (primary N) is 1. The lowest BCUT2D eigenvalue weighted by atomic mass is 10.3. The van der Waals surface area contributed by atoms with Crippen molar-refractivity contribution < 1.29 is 4.79 Å². The van der Waals surface area contributed by atoms with Crippen molar-refractivity contribution in [3.8, 4) is 0 Å². The average Bonchev–Trinajstić information content (AvgIpc) is 3.28. The Bertz CT molecular complexity index is 416. The van der Waals surface area contributed by atoms with E-state index < -0.39 is 0 Å². The van der Waals surface area contributed by atoms with E-state index in [1.165, 1.54) is 19.0 Å². The maximum absolute atomic E-state index is 11.9. The summed E-state index contributed by atoms with van der Waals surface area (Å²) in [6.07, 6.45) is 4.12. The minimum Gasteiger partial charge on any atom is -0.349 e. The summed E-state index contributed by atoms with van der Waals surface area (Å²) in [5.74, 6) is 5.10. The molecule has 104 valence electrons. The van der Waals surface area contributed by atoms with Crippen molar-refractivity contribution in [1.29, 1.82) is 0 Å². The summed E-state index contributed by atoms with van der Waals surface area (Å²) in [5, 5.41) is 2.89. The average molecular weight is 263 g/mol. The maximum Gasteiger partial charge on any atom is 0.269 e. The van der Waals surface area contributed by atoms with Crippen LogP contribution in [-0.4, -0.2) is 41.5 Å². The van der Waals surface area contributed by atoms with Crippen molar-refractivity contribution in [2.45, 2.75) is 25.8 Å². The number of nitrogens with one attached hydrogen (secondary N) is 2. The molecule has 1 amide bonds. The van der Waals surface area contributed by atoms with E-state index in [1.54, 1.807) is 12.1 Å². The molecular formula is C13H21N5O. The third-order valence-electron chi connectivity index (χ3n) is 3.32. The lowest BCUT2D eigenvalue weighted by Gasteiger charge is -2.19. The standard InChI is InChI=1S/C13H21N5O/c1-2-18(11-4-5-11)8-7-15-13(19)12-6-3-10(17-14)9-16-12/h3,6,9,11,17H,2,4-5,7-8,14H2,1H3,(H,15,19). The second-order valence-corrected chi connectivity index (χ2v) is 4.69. The highest BCUT2D eigenvalue weighted by atomic mass is 16.1. The first kappa shape index (κ1) is 13.8. The highest BCUT2D eigenvalue weighted by Gasteiger charge is 2.27. The summed E-state index contributed by atoms with van der Waals surface area (Å²) in [5.41, 5.74) is 3.57. The Kier molecular flexibility index (Phi) is 4.70. The molecule has 19 heavy (non-hydrogen) atoms. The van der Waals surface area contributed by atoms with Crippen molar-refractivity contribution >= 4 is 11.6 Å². The number of anilines is 1. The molecule has 4 N–H and O–H groups in total. The Balaban J connectivity index is 1.76. The predicted molar refractivity (Wildman–Crippen MR) is 74.6 cm³/mol. The van der Waals surface area contributed by atoms with Gasteiger partial charge in [-0.1, -0.05) is 6.92 Å². The van der Waals surface area contributed by atoms with Crippen molar-refractivity contribution in [2.24, 2.45) is 5.84 Å². The minimum atomic E-state index is -0.143. The van der Waals surface area contributed by atoms with Crippen LogP contribution in [0, 0.1) is 0 Å². The number of nitrogens with zero attached hydrogens (tertiary/aromatic N) is 2. The van der Waals surface area contributed by atoms with E-state index in [0.29, 0.717) is 17.9 Å². The van der Waals surface area contributed by atoms with Crippen molar-refractivity contribution in [1.82, 2.24) is 15.2 Å². The Hall–Kier alpha value is -1.66. The molecule has 0 radical (unpaired) electrons. The number of nitrogen functional groups attached to an aromatic ring is 1. The topological polar surface area (TPSA) is 83.3 Å². The van der Waals surface area contributed by atoms with Crippen LogP contribution in [0.2, 0.25) is 0 Å². The van der Waals surface area contributed by atoms with Gasteiger partial charge in [0.1, 0.15) is 5.69 Å². The fourth-order valence-electron chi connectivity index (χ4n) is 2.06. The fourth-order valence-corrected chi connectivity index (χ4v) is 2.06. The first-order valence-electron chi connectivity index (χ1n) is 6.69. The lowest BCUT2D eigenvalue weighted by molar-refractivity contribution is 0.0943. The molecule has 0 unspecified atom stereocenters. The van der Waals surface area contributed by atoms with Gasteiger partial charge < -0.3 is 10.7 Å². The van der Waals surface area contributed by atoms with E-state index in [1.807, 2.05) is 0 Å². The van der Waals surface area contributed by atoms with Crippen molar-refractivity contribution in [3.05, 3.63) is 24.0 Å². The van der Waals surface area contributed by atoms with Crippen LogP contribution in [0.5, 0.6) is 0 Å². The molecule has 0 spiro atoms. The summed E-state index contributed by atoms with van der Waals surface area (Å²) < 4.78 is 0. The van der Waals surface area contributed by atoms with E-state index in [-0.39, 0.29) is 5.91 Å². The molecular weight excluding hydrogens is 242 g/mol. The first-order valence-corrected chi connectivity index (χ1v) is 6.69. The lowest BCUT2D eigenvalue weighted by Crippen LogP contribution is -2.36. The summed E-state index contributed by atoms with van der Waals surface area (Å²) in [6, 6.07) is 4.11. The van der Waals surface area contributed by atoms with Crippen LogP contribution in [0.15, 0.2) is 18.3 Å². The molecule has 1 fully saturated rings. The molecule has 2 rings (SSSR count). The van der Waals surface area contributed by atoms with Gasteiger partial charge in [-0.15, -0.1) is 0 Å². The van der Waals surface area contributed by atoms with Gasteiger partial charge in [0, 0.05) is 19.1 Å². The Morgan fingerprint density at radius 2 is 2.32 bits per heavy atom. The molecule has 0 saturated heterocycles. The molecule has 6 heteroatoms. The molecule has 1 saturated carbocycles. The van der Waals surface area contributed by atoms with Crippen LogP contribution < -0.4 is 16.6 Å². The number of aromatic nitrogens is 1. The maximum atomic E-state index is 11.9. The van der Waals surface area contributed by atoms with Gasteiger partial charge in [-0.2, -0.15) is 0 Å². The smallest absolute Gasteiger partial charge is 0.269 e. The molecule has 1 heterocycles. The van der Waals surface area contributed by atoms with Gasteiger partial charge >= 0.3 is 0 Å². The number of carbonyl (C=O) groups is 1. The zero-order chi connectivity index (χ0) is 13.7. The van der Waals surface area contributed by atoms with Gasteiger partial charge in [-0.25, -0.2) is 4.98 Å². The number of pyridine rings is 1. The summed E-state index contributed by atoms with van der Waals surface area (Å²) in [4.78, 5) is 18.3. The zero-order valence-corrected chi connectivity index (χ0v) is 11.2. The number of hydrazine groups is 1. The van der Waals surface area contributed by atoms with E-state index in [0.717, 1.165) is 19.1 Å². The zero-order valence-electron chi connectivity index (χ0n) is 11.2. The van der Waals surface area contributed by atoms with E-state index in [9.17, 15) is 4.79 Å². The Morgan fingerprint density at radius 1 is 1.53 bits per heavy atom. The minimum absolute atomic E-state index is 0.143. The normalized spacial score (nSPS) is 14.5. The molecule has 1 aromatic heterocycles. The van der Waals surface area contributed by atoms with Gasteiger partial charge in [0.25, 0.3) is 5.91 Å². The number of rotatable bonds is 7. The predicted octanol–water partition coefficient (Wildman–Crippen LogP) is 0.581. The van der Waals surface area contributed by atoms with Crippen LogP contribution in [0.3, 0.4) is 0 Å². The summed E-state index contributed by atoms with van der Waals surface area (Å²) in [6.45, 7) is 4.74. The highest BCUT2D eigenvalue weighted by molar-refractivity contribution is 5.92. The molecule has 0 atom stereocenters. The van der Waals surface area contributed by atoms with E-state index in [2.05, 4.69) is 27.6 Å². The molecule has 0 aliphatic heterocycles. The molecule has 0 aromatic carbocycles. The second-order valence-electron chi connectivity index (χ2n) is 4.69. The van der Waals surface area contributed by atoms with Crippen LogP contribution >= 0.6 is 0 Å². The third kappa shape index (κ3) is 3.90. The quantitative estimate of drug-likeness (QED) is 0.495. The highest BCUT2D eigenvalue weighted by Crippen LogP contribution is 2.25. The van der Waals surface area contributed by atoms with Crippen molar-refractivity contribution in [2.75, 3.05) is 25.1 Å². The van der Waals surface area contributed by atoms with Crippen LogP contribution in [-0.2, 0) is 0 Å². The molecule has 1 aromatic rings. The summed E-state index contributed by atoms with van der Waals surface area (Å²) in [7, 11) is 0. The van der Waals surface area contributed by atoms with Crippen LogP contribution in [0.1, 0.15) is 30.3 Å². The Morgan fingerprint density at radius 3 is 2.84 bits per heavy atom. The van der Waals surface area contributed by atoms with E-state index in [4.69, 9.17) is 5.84 Å². The van der Waals surface area contributed by atoms with E-state index >= 15 is 0 Å². The first-order chi connectivity index (χ1) is 9.24. The van der Waals surface area contributed by atoms with Crippen LogP contribution in [0.25, 0.3) is 0 Å². The number of likely N-dealkylation sites (N-methyl/N-ethyl adjacent to an activating group) is 1. The second kappa shape index (κ2) is 6.49. The van der Waals surface area contributed by atoms with Crippen molar-refractivity contribution in [3.63, 3.8) is 0 Å². The molecule has 6 nitrogen and oxygen atoms in total. The van der Waals surface area contributed by atoms with Gasteiger partial charge in [-0.3, -0.25) is 15.5 Å². The molecule has 1 aliphatic rings. The van der Waals surface area contributed by atoms with Gasteiger partial charge in [0.15, 0.2) is 0 Å². The SMILES string of the molecule is CCN(CCNC(=O)c1ccc(NN)cn1)C1CC1. The monoisotopic (exact) mass is 263 g/mol. The van der Waals surface area contributed by atoms with Gasteiger partial charge in [0.05, 0.1) is 11.9 Å². The Labute approximate surface area is 113 Å². The van der Waals surface area contributed by atoms with Crippen LogP contribution in [0.4, 0.5) is 5.69 Å². The molecule has 0 bridgehead atoms. The fraction of sp³-hybridized carbons (Fsp3) is 0.538. The van der Waals surface area contributed by atoms with Gasteiger partial charge in [-0.05, 0) is 31.5 Å². The molecule has 1 aliphatic carbocycles. The number of carbonyl (C=O) groups excluding carboxylic acids is 1. The number of hydrogen-bond acceptors (Lipinski definition) is 5. The third-order valence-corrected chi connectivity index (χ3v) is 3.32.